The molecule has 4 nitrogen and oxygen atoms in total. The van der Waals surface area contributed by atoms with Crippen molar-refractivity contribution >= 4 is 39.3 Å². The Bertz CT molecular complexity index is 604. The van der Waals surface area contributed by atoms with Gasteiger partial charge < -0.3 is 14.5 Å². The molecule has 6 heteroatoms. The number of imidazole rings is 1. The first-order valence-electron chi connectivity index (χ1n) is 6.62. The summed E-state index contributed by atoms with van der Waals surface area (Å²) in [6.07, 6.45) is 2.99. The van der Waals surface area contributed by atoms with Crippen LogP contribution in [-0.4, -0.2) is 39.1 Å². The van der Waals surface area contributed by atoms with Crippen LogP contribution < -0.4 is 0 Å². The van der Waals surface area contributed by atoms with E-state index in [1.807, 2.05) is 12.3 Å². The number of halogens is 1. The molecule has 0 radical (unpaired) electrons. The zero-order valence-corrected chi connectivity index (χ0v) is 13.7. The largest absolute Gasteiger partial charge is 0.329 e. The van der Waals surface area contributed by atoms with Gasteiger partial charge in [0.25, 0.3) is 0 Å². The van der Waals surface area contributed by atoms with Gasteiger partial charge in [-0.2, -0.15) is 0 Å². The normalized spacial score (nSPS) is 11.6. The third-order valence-corrected chi connectivity index (χ3v) is 3.96. The number of likely N-dealkylation sites (N-methyl/N-ethyl adjacent to an activating group) is 1. The number of aromatic nitrogens is 3. The minimum Gasteiger partial charge on any atom is -0.329 e. The molecule has 0 aliphatic heterocycles. The summed E-state index contributed by atoms with van der Waals surface area (Å²) in [7, 11) is 0. The highest BCUT2D eigenvalue weighted by Gasteiger charge is 2.08. The number of H-pyrrole nitrogens is 1. The molecule has 2 rings (SSSR count). The Balaban J connectivity index is 2.20. The molecule has 2 heterocycles. The van der Waals surface area contributed by atoms with Crippen molar-refractivity contribution in [3.8, 4) is 0 Å². The Hall–Kier alpha value is -0.720. The summed E-state index contributed by atoms with van der Waals surface area (Å²) in [5.41, 5.74) is 1.92. The number of nitrogens with zero attached hydrogens (tertiary/aromatic N) is 3. The summed E-state index contributed by atoms with van der Waals surface area (Å²) in [6, 6.07) is 2.01. The van der Waals surface area contributed by atoms with Crippen LogP contribution in [0.3, 0.4) is 0 Å². The Labute approximate surface area is 127 Å². The molecule has 0 spiro atoms. The van der Waals surface area contributed by atoms with Crippen LogP contribution in [-0.2, 0) is 6.54 Å². The van der Waals surface area contributed by atoms with Crippen LogP contribution in [0, 0.1) is 4.77 Å². The van der Waals surface area contributed by atoms with Gasteiger partial charge in [0.15, 0.2) is 10.4 Å². The third-order valence-electron chi connectivity index (χ3n) is 3.20. The van der Waals surface area contributed by atoms with E-state index in [1.165, 1.54) is 6.42 Å². The van der Waals surface area contributed by atoms with Crippen molar-refractivity contribution in [1.29, 1.82) is 0 Å². The van der Waals surface area contributed by atoms with Gasteiger partial charge in [-0.15, -0.1) is 0 Å². The second-order valence-electron chi connectivity index (χ2n) is 4.54. The molecule has 2 aromatic heterocycles. The summed E-state index contributed by atoms with van der Waals surface area (Å²) < 4.78 is 3.79. The maximum Gasteiger partial charge on any atom is 0.179 e. The van der Waals surface area contributed by atoms with Crippen LogP contribution in [0.4, 0.5) is 0 Å². The fourth-order valence-electron chi connectivity index (χ4n) is 2.21. The molecule has 1 N–H and O–H groups in total. The van der Waals surface area contributed by atoms with E-state index >= 15 is 0 Å². The van der Waals surface area contributed by atoms with E-state index in [-0.39, 0.29) is 0 Å². The lowest BCUT2D eigenvalue weighted by Crippen LogP contribution is -2.28. The molecular formula is C13H19BrN4S. The van der Waals surface area contributed by atoms with Crippen LogP contribution in [0.15, 0.2) is 16.7 Å². The second kappa shape index (κ2) is 6.63. The van der Waals surface area contributed by atoms with E-state index in [0.29, 0.717) is 0 Å². The zero-order valence-electron chi connectivity index (χ0n) is 11.3. The van der Waals surface area contributed by atoms with E-state index in [0.717, 1.165) is 46.6 Å². The van der Waals surface area contributed by atoms with E-state index in [4.69, 9.17) is 12.2 Å². The van der Waals surface area contributed by atoms with Crippen LogP contribution in [0.5, 0.6) is 0 Å². The van der Waals surface area contributed by atoms with E-state index in [1.54, 1.807) is 0 Å². The van der Waals surface area contributed by atoms with Crippen molar-refractivity contribution in [2.45, 2.75) is 26.8 Å². The van der Waals surface area contributed by atoms with Gasteiger partial charge in [-0.25, -0.2) is 4.98 Å². The highest BCUT2D eigenvalue weighted by atomic mass is 79.9. The summed E-state index contributed by atoms with van der Waals surface area (Å²) >= 11 is 8.81. The Morgan fingerprint density at radius 1 is 1.42 bits per heavy atom. The van der Waals surface area contributed by atoms with Crippen molar-refractivity contribution in [3.05, 3.63) is 21.5 Å². The van der Waals surface area contributed by atoms with Gasteiger partial charge in [-0.3, -0.25) is 0 Å². The Morgan fingerprint density at radius 3 is 2.89 bits per heavy atom. The van der Waals surface area contributed by atoms with E-state index in [2.05, 4.69) is 49.2 Å². The predicted molar refractivity (Wildman–Crippen MR) is 85.0 cm³/mol. The van der Waals surface area contributed by atoms with Crippen LogP contribution in [0.2, 0.25) is 0 Å². The number of pyridine rings is 1. The predicted octanol–water partition coefficient (Wildman–Crippen LogP) is 3.59. The van der Waals surface area contributed by atoms with Gasteiger partial charge in [0, 0.05) is 23.8 Å². The summed E-state index contributed by atoms with van der Waals surface area (Å²) in [5, 5.41) is 0. The maximum atomic E-state index is 5.38. The Kier molecular flexibility index (Phi) is 5.13. The van der Waals surface area contributed by atoms with E-state index < -0.39 is 0 Å². The molecular weight excluding hydrogens is 324 g/mol. The van der Waals surface area contributed by atoms with Gasteiger partial charge in [-0.05, 0) is 53.7 Å². The molecule has 0 atom stereocenters. The SMILES string of the molecule is CCCN(CC)CCn1c(=S)[nH]c2cc(Br)cnc21. The van der Waals surface area contributed by atoms with E-state index in [9.17, 15) is 0 Å². The van der Waals surface area contributed by atoms with Crippen LogP contribution in [0.25, 0.3) is 11.2 Å². The molecule has 0 aliphatic rings. The van der Waals surface area contributed by atoms with Crippen LogP contribution >= 0.6 is 28.1 Å². The number of rotatable bonds is 6. The van der Waals surface area contributed by atoms with Gasteiger partial charge >= 0.3 is 0 Å². The molecule has 0 bridgehead atoms. The minimum absolute atomic E-state index is 0.744. The van der Waals surface area contributed by atoms with Crippen molar-refractivity contribution in [2.24, 2.45) is 0 Å². The molecule has 0 fully saturated rings. The van der Waals surface area contributed by atoms with Crippen molar-refractivity contribution in [3.63, 3.8) is 0 Å². The second-order valence-corrected chi connectivity index (χ2v) is 5.84. The fourth-order valence-corrected chi connectivity index (χ4v) is 2.83. The minimum atomic E-state index is 0.744. The zero-order chi connectivity index (χ0) is 13.8. The Morgan fingerprint density at radius 2 is 2.21 bits per heavy atom. The van der Waals surface area contributed by atoms with Crippen molar-refractivity contribution in [2.75, 3.05) is 19.6 Å². The highest BCUT2D eigenvalue weighted by Crippen LogP contribution is 2.16. The fraction of sp³-hybridized carbons (Fsp3) is 0.538. The summed E-state index contributed by atoms with van der Waals surface area (Å²) in [4.78, 5) is 10.1. The molecule has 104 valence electrons. The first kappa shape index (κ1) is 14.7. The topological polar surface area (TPSA) is 36.9 Å². The van der Waals surface area contributed by atoms with Gasteiger partial charge in [0.2, 0.25) is 0 Å². The molecule has 0 unspecified atom stereocenters. The first-order valence-corrected chi connectivity index (χ1v) is 7.82. The number of nitrogens with one attached hydrogen (secondary N) is 1. The van der Waals surface area contributed by atoms with Crippen LogP contribution in [0.1, 0.15) is 20.3 Å². The molecule has 19 heavy (non-hydrogen) atoms. The van der Waals surface area contributed by atoms with Gasteiger partial charge in [0.05, 0.1) is 5.52 Å². The number of hydrogen-bond acceptors (Lipinski definition) is 3. The quantitative estimate of drug-likeness (QED) is 0.815. The molecule has 0 saturated carbocycles. The number of aromatic amines is 1. The molecule has 0 aliphatic carbocycles. The van der Waals surface area contributed by atoms with Crippen molar-refractivity contribution < 1.29 is 0 Å². The number of hydrogen-bond donors (Lipinski definition) is 1. The molecule has 0 amide bonds. The average molecular weight is 343 g/mol. The van der Waals surface area contributed by atoms with Gasteiger partial charge in [-0.1, -0.05) is 13.8 Å². The average Bonchev–Trinajstić information content (AvgIpc) is 2.69. The summed E-state index contributed by atoms with van der Waals surface area (Å²) in [6.45, 7) is 8.48. The lowest BCUT2D eigenvalue weighted by Gasteiger charge is -2.19. The number of fused-ring (bicyclic) bond motifs is 1. The lowest BCUT2D eigenvalue weighted by atomic mass is 10.4. The lowest BCUT2D eigenvalue weighted by molar-refractivity contribution is 0.277. The highest BCUT2D eigenvalue weighted by molar-refractivity contribution is 9.10. The molecule has 0 saturated heterocycles. The third kappa shape index (κ3) is 3.43. The molecule has 2 aromatic rings. The summed E-state index contributed by atoms with van der Waals surface area (Å²) in [5.74, 6) is 0. The first-order chi connectivity index (χ1) is 9.15. The smallest absolute Gasteiger partial charge is 0.179 e. The van der Waals surface area contributed by atoms with Gasteiger partial charge in [0.1, 0.15) is 0 Å². The molecule has 0 aromatic carbocycles. The van der Waals surface area contributed by atoms with Crippen molar-refractivity contribution in [1.82, 2.24) is 19.4 Å². The maximum absolute atomic E-state index is 5.38. The standard InChI is InChI=1S/C13H19BrN4S/c1-3-5-17(4-2)6-7-18-12-11(16-13(18)19)8-10(14)9-15-12/h8-9H,3-7H2,1-2H3,(H,16,19). The monoisotopic (exact) mass is 342 g/mol.